The van der Waals surface area contributed by atoms with Crippen LogP contribution in [0.15, 0.2) is 23.1 Å². The molecule has 0 N–H and O–H groups in total. The molecule has 1 amide bonds. The lowest BCUT2D eigenvalue weighted by Crippen LogP contribution is -2.39. The van der Waals surface area contributed by atoms with Crippen molar-refractivity contribution in [3.63, 3.8) is 0 Å². The number of amides is 1. The minimum atomic E-state index is -3.51. The summed E-state index contributed by atoms with van der Waals surface area (Å²) in [6.45, 7) is 6.68. The molecular weight excluding hydrogens is 336 g/mol. The van der Waals surface area contributed by atoms with E-state index in [1.165, 1.54) is 0 Å². The second-order valence-electron chi connectivity index (χ2n) is 7.44. The summed E-state index contributed by atoms with van der Waals surface area (Å²) in [5, 5.41) is 0. The van der Waals surface area contributed by atoms with E-state index >= 15 is 0 Å². The van der Waals surface area contributed by atoms with Crippen LogP contribution in [0, 0.1) is 12.8 Å². The molecule has 2 fully saturated rings. The first-order valence-corrected chi connectivity index (χ1v) is 10.7. The Morgan fingerprint density at radius 1 is 1.08 bits per heavy atom. The third kappa shape index (κ3) is 3.90. The van der Waals surface area contributed by atoms with Crippen LogP contribution in [0.4, 0.5) is 0 Å². The first kappa shape index (κ1) is 18.4. The zero-order valence-electron chi connectivity index (χ0n) is 15.2. The predicted molar refractivity (Wildman–Crippen MR) is 98.1 cm³/mol. The van der Waals surface area contributed by atoms with Crippen molar-refractivity contribution < 1.29 is 13.2 Å². The molecule has 0 saturated carbocycles. The molecule has 0 aliphatic carbocycles. The standard InChI is InChI=1S/C19H28N2O3S/c1-15-7-6-10-20(14-15)19(22)18-13-17(9-8-16(18)2)25(23,24)21-11-4-3-5-12-21/h8-9,13,15H,3-7,10-12,14H2,1-2H3/t15-/m1/s1. The Kier molecular flexibility index (Phi) is 5.49. The Bertz CT molecular complexity index is 739. The molecule has 5 nitrogen and oxygen atoms in total. The summed E-state index contributed by atoms with van der Waals surface area (Å²) in [5.74, 6) is 0.456. The van der Waals surface area contributed by atoms with Crippen molar-refractivity contribution in [3.8, 4) is 0 Å². The Morgan fingerprint density at radius 2 is 1.80 bits per heavy atom. The first-order valence-electron chi connectivity index (χ1n) is 9.29. The van der Waals surface area contributed by atoms with Crippen LogP contribution in [-0.2, 0) is 10.0 Å². The largest absolute Gasteiger partial charge is 0.338 e. The molecule has 2 aliphatic rings. The molecule has 1 atom stereocenters. The fraction of sp³-hybridized carbons (Fsp3) is 0.632. The average Bonchev–Trinajstić information content (AvgIpc) is 2.62. The number of hydrogen-bond donors (Lipinski definition) is 0. The summed E-state index contributed by atoms with van der Waals surface area (Å²) in [7, 11) is -3.51. The summed E-state index contributed by atoms with van der Waals surface area (Å²) in [6.07, 6.45) is 5.05. The van der Waals surface area contributed by atoms with Crippen molar-refractivity contribution in [1.29, 1.82) is 0 Å². The lowest BCUT2D eigenvalue weighted by molar-refractivity contribution is 0.0682. The highest BCUT2D eigenvalue weighted by Crippen LogP contribution is 2.25. The van der Waals surface area contributed by atoms with E-state index in [0.717, 1.165) is 50.8 Å². The summed E-state index contributed by atoms with van der Waals surface area (Å²) in [6, 6.07) is 4.98. The van der Waals surface area contributed by atoms with Crippen LogP contribution >= 0.6 is 0 Å². The van der Waals surface area contributed by atoms with Crippen LogP contribution in [0.2, 0.25) is 0 Å². The van der Waals surface area contributed by atoms with Gasteiger partial charge in [-0.25, -0.2) is 8.42 Å². The molecule has 0 bridgehead atoms. The van der Waals surface area contributed by atoms with Crippen LogP contribution in [0.3, 0.4) is 0 Å². The third-order valence-corrected chi connectivity index (χ3v) is 7.23. The SMILES string of the molecule is Cc1ccc(S(=O)(=O)N2CCCCC2)cc1C(=O)N1CCC[C@@H](C)C1. The Labute approximate surface area is 151 Å². The van der Waals surface area contributed by atoms with E-state index in [1.54, 1.807) is 22.5 Å². The van der Waals surface area contributed by atoms with Gasteiger partial charge in [0.25, 0.3) is 5.91 Å². The number of sulfonamides is 1. The smallest absolute Gasteiger partial charge is 0.254 e. The van der Waals surface area contributed by atoms with Gasteiger partial charge in [0.2, 0.25) is 10.0 Å². The quantitative estimate of drug-likeness (QED) is 0.828. The summed E-state index contributed by atoms with van der Waals surface area (Å²) in [5.41, 5.74) is 1.35. The molecule has 25 heavy (non-hydrogen) atoms. The number of carbonyl (C=O) groups is 1. The van der Waals surface area contributed by atoms with E-state index in [4.69, 9.17) is 0 Å². The van der Waals surface area contributed by atoms with Crippen molar-refractivity contribution >= 4 is 15.9 Å². The number of rotatable bonds is 3. The molecule has 6 heteroatoms. The summed E-state index contributed by atoms with van der Waals surface area (Å²) < 4.78 is 27.4. The number of piperidine rings is 2. The van der Waals surface area contributed by atoms with Crippen molar-refractivity contribution in [3.05, 3.63) is 29.3 Å². The van der Waals surface area contributed by atoms with Gasteiger partial charge in [-0.3, -0.25) is 4.79 Å². The minimum Gasteiger partial charge on any atom is -0.338 e. The maximum atomic E-state index is 12.9. The van der Waals surface area contributed by atoms with Gasteiger partial charge in [-0.1, -0.05) is 19.4 Å². The number of benzene rings is 1. The van der Waals surface area contributed by atoms with Crippen LogP contribution < -0.4 is 0 Å². The van der Waals surface area contributed by atoms with Gasteiger partial charge in [-0.2, -0.15) is 4.31 Å². The topological polar surface area (TPSA) is 57.7 Å². The van der Waals surface area contributed by atoms with E-state index in [1.807, 2.05) is 11.8 Å². The van der Waals surface area contributed by atoms with Gasteiger partial charge in [-0.15, -0.1) is 0 Å². The van der Waals surface area contributed by atoms with Gasteiger partial charge in [0.1, 0.15) is 0 Å². The molecule has 1 aromatic carbocycles. The fourth-order valence-electron chi connectivity index (χ4n) is 3.79. The molecular formula is C19H28N2O3S. The molecule has 2 aliphatic heterocycles. The van der Waals surface area contributed by atoms with E-state index < -0.39 is 10.0 Å². The monoisotopic (exact) mass is 364 g/mol. The van der Waals surface area contributed by atoms with Gasteiger partial charge in [0.15, 0.2) is 0 Å². The molecule has 0 radical (unpaired) electrons. The highest BCUT2D eigenvalue weighted by atomic mass is 32.2. The van der Waals surface area contributed by atoms with E-state index in [9.17, 15) is 13.2 Å². The molecule has 1 aromatic rings. The van der Waals surface area contributed by atoms with Gasteiger partial charge < -0.3 is 4.90 Å². The molecule has 2 heterocycles. The lowest BCUT2D eigenvalue weighted by atomic mass is 9.99. The fourth-order valence-corrected chi connectivity index (χ4v) is 5.33. The molecule has 2 saturated heterocycles. The van der Waals surface area contributed by atoms with E-state index in [-0.39, 0.29) is 10.8 Å². The van der Waals surface area contributed by atoms with Gasteiger partial charge in [0.05, 0.1) is 4.90 Å². The number of likely N-dealkylation sites (tertiary alicyclic amines) is 1. The minimum absolute atomic E-state index is 0.0419. The zero-order valence-corrected chi connectivity index (χ0v) is 16.0. The number of nitrogens with zero attached hydrogens (tertiary/aromatic N) is 2. The van der Waals surface area contributed by atoms with Crippen LogP contribution in [-0.4, -0.2) is 49.7 Å². The highest BCUT2D eigenvalue weighted by Gasteiger charge is 2.28. The number of aryl methyl sites for hydroxylation is 1. The van der Waals surface area contributed by atoms with Crippen LogP contribution in [0.1, 0.15) is 54.9 Å². The van der Waals surface area contributed by atoms with Gasteiger partial charge in [0, 0.05) is 31.7 Å². The molecule has 3 rings (SSSR count). The lowest BCUT2D eigenvalue weighted by Gasteiger charge is -2.31. The maximum Gasteiger partial charge on any atom is 0.254 e. The van der Waals surface area contributed by atoms with Crippen molar-refractivity contribution in [2.45, 2.75) is 50.8 Å². The third-order valence-electron chi connectivity index (χ3n) is 5.34. The number of carbonyl (C=O) groups excluding carboxylic acids is 1. The predicted octanol–water partition coefficient (Wildman–Crippen LogP) is 3.04. The van der Waals surface area contributed by atoms with Crippen LogP contribution in [0.25, 0.3) is 0 Å². The number of hydrogen-bond acceptors (Lipinski definition) is 3. The van der Waals surface area contributed by atoms with Crippen molar-refractivity contribution in [1.82, 2.24) is 9.21 Å². The highest BCUT2D eigenvalue weighted by molar-refractivity contribution is 7.89. The average molecular weight is 365 g/mol. The Hall–Kier alpha value is -1.40. The van der Waals surface area contributed by atoms with Crippen molar-refractivity contribution in [2.24, 2.45) is 5.92 Å². The summed E-state index contributed by atoms with van der Waals surface area (Å²) in [4.78, 5) is 15.1. The molecule has 0 spiro atoms. The zero-order chi connectivity index (χ0) is 18.0. The normalized spacial score (nSPS) is 22.8. The van der Waals surface area contributed by atoms with E-state index in [0.29, 0.717) is 24.6 Å². The van der Waals surface area contributed by atoms with Crippen molar-refractivity contribution in [2.75, 3.05) is 26.2 Å². The molecule has 138 valence electrons. The first-order chi connectivity index (χ1) is 11.9. The summed E-state index contributed by atoms with van der Waals surface area (Å²) >= 11 is 0. The van der Waals surface area contributed by atoms with Crippen LogP contribution in [0.5, 0.6) is 0 Å². The van der Waals surface area contributed by atoms with Gasteiger partial charge >= 0.3 is 0 Å². The van der Waals surface area contributed by atoms with Gasteiger partial charge in [-0.05, 0) is 56.2 Å². The second kappa shape index (κ2) is 7.46. The Balaban J connectivity index is 1.88. The Morgan fingerprint density at radius 3 is 2.48 bits per heavy atom. The maximum absolute atomic E-state index is 12.9. The molecule has 0 aromatic heterocycles. The molecule has 0 unspecified atom stereocenters. The van der Waals surface area contributed by atoms with E-state index in [2.05, 4.69) is 6.92 Å². The second-order valence-corrected chi connectivity index (χ2v) is 9.38.